The Morgan fingerprint density at radius 2 is 2.10 bits per heavy atom. The van der Waals surface area contributed by atoms with E-state index in [-0.39, 0.29) is 6.04 Å². The zero-order valence-electron chi connectivity index (χ0n) is 11.6. The van der Waals surface area contributed by atoms with E-state index in [4.69, 9.17) is 4.74 Å². The van der Waals surface area contributed by atoms with Crippen LogP contribution in [-0.4, -0.2) is 33.6 Å². The maximum atomic E-state index is 11.6. The van der Waals surface area contributed by atoms with Crippen LogP contribution in [0.1, 0.15) is 35.8 Å². The Labute approximate surface area is 117 Å². The van der Waals surface area contributed by atoms with Crippen molar-refractivity contribution in [3.05, 3.63) is 53.9 Å². The van der Waals surface area contributed by atoms with Crippen LogP contribution in [0.3, 0.4) is 0 Å². The van der Waals surface area contributed by atoms with E-state index in [9.17, 15) is 9.90 Å². The molecule has 1 aromatic carbocycles. The van der Waals surface area contributed by atoms with Crippen LogP contribution < -0.4 is 0 Å². The van der Waals surface area contributed by atoms with E-state index in [1.807, 2.05) is 30.3 Å². The molecule has 0 aliphatic carbocycles. The van der Waals surface area contributed by atoms with E-state index in [1.54, 1.807) is 24.7 Å². The van der Waals surface area contributed by atoms with Crippen molar-refractivity contribution in [2.75, 3.05) is 6.61 Å². The van der Waals surface area contributed by atoms with Crippen LogP contribution in [0.15, 0.2) is 42.7 Å². The first kappa shape index (κ1) is 14.3. The van der Waals surface area contributed by atoms with Crippen LogP contribution in [0, 0.1) is 0 Å². The van der Waals surface area contributed by atoms with Gasteiger partial charge in [0.1, 0.15) is 6.04 Å². The molecule has 0 saturated carbocycles. The molecule has 0 fully saturated rings. The lowest BCUT2D eigenvalue weighted by atomic mass is 10.0. The molecule has 1 N–H and O–H groups in total. The first-order valence-corrected chi connectivity index (χ1v) is 6.57. The Morgan fingerprint density at radius 1 is 1.40 bits per heavy atom. The zero-order valence-corrected chi connectivity index (χ0v) is 11.6. The summed E-state index contributed by atoms with van der Waals surface area (Å²) in [6.45, 7) is 3.77. The Balaban J connectivity index is 2.30. The molecule has 0 aliphatic heterocycles. The summed E-state index contributed by atoms with van der Waals surface area (Å²) in [6.07, 6.45) is 2.42. The number of ether oxygens (including phenoxy) is 1. The van der Waals surface area contributed by atoms with Gasteiger partial charge in [-0.2, -0.15) is 5.10 Å². The second kappa shape index (κ2) is 6.34. The first-order chi connectivity index (χ1) is 9.63. The van der Waals surface area contributed by atoms with E-state index in [1.165, 1.54) is 6.20 Å². The minimum atomic E-state index is -0.632. The van der Waals surface area contributed by atoms with Crippen LogP contribution in [0.4, 0.5) is 0 Å². The molecular weight excluding hydrogens is 256 g/mol. The quantitative estimate of drug-likeness (QED) is 0.847. The fourth-order valence-electron chi connectivity index (χ4n) is 2.11. The van der Waals surface area contributed by atoms with Crippen molar-refractivity contribution in [1.29, 1.82) is 0 Å². The van der Waals surface area contributed by atoms with E-state index in [0.29, 0.717) is 12.2 Å². The standard InChI is InChI=1S/C15H18N2O3/c1-3-20-15(19)13-9-16-17(10-13)14(11(2)18)12-7-5-4-6-8-12/h4-11,14,18H,3H2,1-2H3/t11-,14-/m1/s1. The number of carbonyl (C=O) groups excluding carboxylic acids is 1. The van der Waals surface area contributed by atoms with E-state index < -0.39 is 12.1 Å². The molecule has 0 spiro atoms. The van der Waals surface area contributed by atoms with Gasteiger partial charge in [0.2, 0.25) is 0 Å². The molecule has 0 aliphatic rings. The highest BCUT2D eigenvalue weighted by Gasteiger charge is 2.21. The molecule has 0 radical (unpaired) electrons. The van der Waals surface area contributed by atoms with E-state index in [0.717, 1.165) is 5.56 Å². The number of nitrogens with zero attached hydrogens (tertiary/aromatic N) is 2. The van der Waals surface area contributed by atoms with Gasteiger partial charge >= 0.3 is 5.97 Å². The topological polar surface area (TPSA) is 64.3 Å². The van der Waals surface area contributed by atoms with Crippen molar-refractivity contribution in [1.82, 2.24) is 9.78 Å². The number of aliphatic hydroxyl groups excluding tert-OH is 1. The lowest BCUT2D eigenvalue weighted by Gasteiger charge is -2.20. The van der Waals surface area contributed by atoms with E-state index in [2.05, 4.69) is 5.10 Å². The molecule has 0 amide bonds. The summed E-state index contributed by atoms with van der Waals surface area (Å²) in [5, 5.41) is 14.2. The van der Waals surface area contributed by atoms with Gasteiger partial charge in [-0.15, -0.1) is 0 Å². The number of carbonyl (C=O) groups is 1. The fourth-order valence-corrected chi connectivity index (χ4v) is 2.11. The number of aliphatic hydroxyl groups is 1. The monoisotopic (exact) mass is 274 g/mol. The molecule has 5 nitrogen and oxygen atoms in total. The molecule has 106 valence electrons. The third kappa shape index (κ3) is 3.05. The number of hydrogen-bond acceptors (Lipinski definition) is 4. The van der Waals surface area contributed by atoms with Crippen LogP contribution in [0.5, 0.6) is 0 Å². The normalized spacial score (nSPS) is 13.8. The van der Waals surface area contributed by atoms with Gasteiger partial charge in [-0.3, -0.25) is 4.68 Å². The molecule has 1 aromatic heterocycles. The number of esters is 1. The molecule has 0 unspecified atom stereocenters. The minimum absolute atomic E-state index is 0.322. The van der Waals surface area contributed by atoms with Gasteiger partial charge in [-0.25, -0.2) is 4.79 Å². The van der Waals surface area contributed by atoms with Gasteiger partial charge in [0, 0.05) is 6.20 Å². The van der Waals surface area contributed by atoms with Crippen LogP contribution in [0.2, 0.25) is 0 Å². The number of hydrogen-bond donors (Lipinski definition) is 1. The van der Waals surface area contributed by atoms with Gasteiger partial charge in [0.15, 0.2) is 0 Å². The Kier molecular flexibility index (Phi) is 4.53. The SMILES string of the molecule is CCOC(=O)c1cnn([C@@H](c2ccccc2)[C@@H](C)O)c1. The summed E-state index contributed by atoms with van der Waals surface area (Å²) in [7, 11) is 0. The summed E-state index contributed by atoms with van der Waals surface area (Å²) in [4.78, 5) is 11.6. The predicted octanol–water partition coefficient (Wildman–Crippen LogP) is 2.03. The highest BCUT2D eigenvalue weighted by Crippen LogP contribution is 2.21. The van der Waals surface area contributed by atoms with Crippen molar-refractivity contribution in [3.63, 3.8) is 0 Å². The molecule has 0 bridgehead atoms. The molecule has 1 heterocycles. The lowest BCUT2D eigenvalue weighted by molar-refractivity contribution is 0.0525. The highest BCUT2D eigenvalue weighted by atomic mass is 16.5. The molecular formula is C15H18N2O3. The molecule has 0 saturated heterocycles. The van der Waals surface area contributed by atoms with Crippen LogP contribution >= 0.6 is 0 Å². The second-order valence-electron chi connectivity index (χ2n) is 4.53. The minimum Gasteiger partial charge on any atom is -0.462 e. The molecule has 2 rings (SSSR count). The van der Waals surface area contributed by atoms with Crippen LogP contribution in [0.25, 0.3) is 0 Å². The summed E-state index contributed by atoms with van der Waals surface area (Å²) < 4.78 is 6.52. The maximum absolute atomic E-state index is 11.6. The van der Waals surface area contributed by atoms with Gasteiger partial charge < -0.3 is 9.84 Å². The molecule has 20 heavy (non-hydrogen) atoms. The predicted molar refractivity (Wildman–Crippen MR) is 74.4 cm³/mol. The maximum Gasteiger partial charge on any atom is 0.341 e. The van der Waals surface area contributed by atoms with Crippen molar-refractivity contribution in [2.45, 2.75) is 26.0 Å². The smallest absolute Gasteiger partial charge is 0.341 e. The average molecular weight is 274 g/mol. The molecule has 2 atom stereocenters. The third-order valence-electron chi connectivity index (χ3n) is 3.00. The Hall–Kier alpha value is -2.14. The first-order valence-electron chi connectivity index (χ1n) is 6.57. The summed E-state index contributed by atoms with van der Waals surface area (Å²) in [5.41, 5.74) is 1.31. The molecule has 5 heteroatoms. The van der Waals surface area contributed by atoms with Crippen molar-refractivity contribution in [3.8, 4) is 0 Å². The Morgan fingerprint density at radius 3 is 2.70 bits per heavy atom. The Bertz CT molecular complexity index is 564. The summed E-state index contributed by atoms with van der Waals surface area (Å²) >= 11 is 0. The average Bonchev–Trinajstić information content (AvgIpc) is 2.89. The summed E-state index contributed by atoms with van der Waals surface area (Å²) in [6, 6.07) is 9.22. The largest absolute Gasteiger partial charge is 0.462 e. The third-order valence-corrected chi connectivity index (χ3v) is 3.00. The van der Waals surface area contributed by atoms with Crippen molar-refractivity contribution in [2.24, 2.45) is 0 Å². The number of rotatable bonds is 5. The number of aromatic nitrogens is 2. The summed E-state index contributed by atoms with van der Waals surface area (Å²) in [5.74, 6) is -0.406. The van der Waals surface area contributed by atoms with E-state index >= 15 is 0 Å². The highest BCUT2D eigenvalue weighted by molar-refractivity contribution is 5.88. The van der Waals surface area contributed by atoms with Crippen LogP contribution in [-0.2, 0) is 4.74 Å². The van der Waals surface area contributed by atoms with Gasteiger partial charge in [0.25, 0.3) is 0 Å². The second-order valence-corrected chi connectivity index (χ2v) is 4.53. The molecule has 2 aromatic rings. The zero-order chi connectivity index (χ0) is 14.5. The van der Waals surface area contributed by atoms with Crippen molar-refractivity contribution < 1.29 is 14.6 Å². The van der Waals surface area contributed by atoms with Gasteiger partial charge in [-0.1, -0.05) is 30.3 Å². The lowest BCUT2D eigenvalue weighted by Crippen LogP contribution is -2.23. The van der Waals surface area contributed by atoms with Gasteiger partial charge in [-0.05, 0) is 19.4 Å². The van der Waals surface area contributed by atoms with Crippen molar-refractivity contribution >= 4 is 5.97 Å². The fraction of sp³-hybridized carbons (Fsp3) is 0.333. The van der Waals surface area contributed by atoms with Gasteiger partial charge in [0.05, 0.1) is 24.5 Å². The number of benzene rings is 1.